The zero-order valence-electron chi connectivity index (χ0n) is 5.63. The highest BCUT2D eigenvalue weighted by atomic mass is 32.2. The fourth-order valence-corrected chi connectivity index (χ4v) is 2.05. The summed E-state index contributed by atoms with van der Waals surface area (Å²) >= 11 is 3.37. The van der Waals surface area contributed by atoms with E-state index in [0.29, 0.717) is 0 Å². The van der Waals surface area contributed by atoms with Crippen LogP contribution in [0.1, 0.15) is 4.88 Å². The van der Waals surface area contributed by atoms with Crippen LogP contribution < -0.4 is 11.3 Å². The Morgan fingerprint density at radius 2 is 2.70 bits per heavy atom. The first-order valence-corrected chi connectivity index (χ1v) is 4.98. The summed E-state index contributed by atoms with van der Waals surface area (Å²) in [4.78, 5) is 5.27. The van der Waals surface area contributed by atoms with E-state index in [-0.39, 0.29) is 0 Å². The fraction of sp³-hybridized carbons (Fsp3) is 0.400. The Morgan fingerprint density at radius 3 is 3.20 bits per heavy atom. The number of hydrogen-bond donors (Lipinski definition) is 2. The Bertz CT molecular complexity index is 199. The Morgan fingerprint density at radius 1 is 1.90 bits per heavy atom. The standard InChI is InChI=1S/C5H9N3S2/c1-9-3-4-2-7-5(8-6)10-4/h2H,3,6H2,1H3,(H,7,8). The van der Waals surface area contributed by atoms with Crippen LogP contribution in [-0.4, -0.2) is 11.2 Å². The Hall–Kier alpha value is -0.260. The number of thiazole rings is 1. The molecule has 0 fully saturated rings. The lowest BCUT2D eigenvalue weighted by molar-refractivity contribution is 1.28. The van der Waals surface area contributed by atoms with Crippen molar-refractivity contribution in [1.82, 2.24) is 4.98 Å². The minimum absolute atomic E-state index is 0.782. The van der Waals surface area contributed by atoms with Gasteiger partial charge in [-0.15, -0.1) is 11.3 Å². The molecule has 10 heavy (non-hydrogen) atoms. The van der Waals surface area contributed by atoms with Crippen LogP contribution in [-0.2, 0) is 5.75 Å². The zero-order valence-corrected chi connectivity index (χ0v) is 7.26. The summed E-state index contributed by atoms with van der Waals surface area (Å²) in [6.45, 7) is 0. The van der Waals surface area contributed by atoms with E-state index >= 15 is 0 Å². The number of anilines is 1. The van der Waals surface area contributed by atoms with E-state index in [1.165, 1.54) is 4.88 Å². The van der Waals surface area contributed by atoms with Gasteiger partial charge in [-0.05, 0) is 6.26 Å². The van der Waals surface area contributed by atoms with Crippen LogP contribution in [0.5, 0.6) is 0 Å². The number of hydrogen-bond acceptors (Lipinski definition) is 5. The molecule has 0 aliphatic rings. The van der Waals surface area contributed by atoms with Crippen LogP contribution in [0.15, 0.2) is 6.20 Å². The number of rotatable bonds is 3. The summed E-state index contributed by atoms with van der Waals surface area (Å²) in [5, 5.41) is 0.782. The van der Waals surface area contributed by atoms with Gasteiger partial charge in [0.05, 0.1) is 0 Å². The van der Waals surface area contributed by atoms with E-state index in [2.05, 4.69) is 16.7 Å². The molecular weight excluding hydrogens is 166 g/mol. The quantitative estimate of drug-likeness (QED) is 0.537. The Labute approximate surface area is 68.0 Å². The summed E-state index contributed by atoms with van der Waals surface area (Å²) in [5.74, 6) is 6.16. The average molecular weight is 175 g/mol. The SMILES string of the molecule is CSCc1cnc(NN)s1. The molecule has 0 unspecified atom stereocenters. The van der Waals surface area contributed by atoms with Gasteiger partial charge in [-0.1, -0.05) is 0 Å². The second-order valence-electron chi connectivity index (χ2n) is 1.71. The van der Waals surface area contributed by atoms with Crippen molar-refractivity contribution in [2.24, 2.45) is 5.84 Å². The third kappa shape index (κ3) is 1.86. The number of nitrogens with one attached hydrogen (secondary N) is 1. The Kier molecular flexibility index (Phi) is 2.98. The van der Waals surface area contributed by atoms with Crippen LogP contribution >= 0.6 is 23.1 Å². The summed E-state index contributed by atoms with van der Waals surface area (Å²) < 4.78 is 0. The molecule has 5 heteroatoms. The molecule has 1 rings (SSSR count). The van der Waals surface area contributed by atoms with Gasteiger partial charge >= 0.3 is 0 Å². The van der Waals surface area contributed by atoms with Crippen LogP contribution in [0.4, 0.5) is 5.13 Å². The predicted molar refractivity (Wildman–Crippen MR) is 47.1 cm³/mol. The molecule has 56 valence electrons. The lowest BCUT2D eigenvalue weighted by Gasteiger charge is -1.88. The predicted octanol–water partition coefficient (Wildman–Crippen LogP) is 1.29. The molecule has 0 atom stereocenters. The maximum Gasteiger partial charge on any atom is 0.197 e. The van der Waals surface area contributed by atoms with Gasteiger partial charge in [-0.2, -0.15) is 11.8 Å². The van der Waals surface area contributed by atoms with Crippen LogP contribution in [0.25, 0.3) is 0 Å². The number of nitrogens with zero attached hydrogens (tertiary/aromatic N) is 1. The minimum atomic E-state index is 0.782. The average Bonchev–Trinajstić information content (AvgIpc) is 2.37. The first-order valence-electron chi connectivity index (χ1n) is 2.77. The maximum atomic E-state index is 5.15. The van der Waals surface area contributed by atoms with Gasteiger partial charge in [0, 0.05) is 16.8 Å². The maximum absolute atomic E-state index is 5.15. The van der Waals surface area contributed by atoms with Crippen LogP contribution in [0.3, 0.4) is 0 Å². The first-order chi connectivity index (χ1) is 4.86. The number of nitrogens with two attached hydrogens (primary N) is 1. The van der Waals surface area contributed by atoms with E-state index in [9.17, 15) is 0 Å². The highest BCUT2D eigenvalue weighted by Gasteiger charge is 1.97. The first kappa shape index (κ1) is 7.84. The van der Waals surface area contributed by atoms with Crippen LogP contribution in [0.2, 0.25) is 0 Å². The summed E-state index contributed by atoms with van der Waals surface area (Å²) in [6, 6.07) is 0. The number of aromatic nitrogens is 1. The molecular formula is C5H9N3S2. The number of hydrazine groups is 1. The van der Waals surface area contributed by atoms with Gasteiger partial charge in [0.25, 0.3) is 0 Å². The van der Waals surface area contributed by atoms with Crippen LogP contribution in [0, 0.1) is 0 Å². The second kappa shape index (κ2) is 3.80. The monoisotopic (exact) mass is 175 g/mol. The molecule has 1 aromatic heterocycles. The molecule has 0 aliphatic carbocycles. The molecule has 0 saturated carbocycles. The third-order valence-corrected chi connectivity index (χ3v) is 2.67. The zero-order chi connectivity index (χ0) is 7.40. The molecule has 1 heterocycles. The molecule has 1 aromatic rings. The van der Waals surface area contributed by atoms with Gasteiger partial charge < -0.3 is 0 Å². The molecule has 0 aliphatic heterocycles. The van der Waals surface area contributed by atoms with Crippen molar-refractivity contribution >= 4 is 28.2 Å². The molecule has 0 aromatic carbocycles. The molecule has 0 amide bonds. The van der Waals surface area contributed by atoms with Crippen molar-refractivity contribution < 1.29 is 0 Å². The lowest BCUT2D eigenvalue weighted by Crippen LogP contribution is -2.05. The molecule has 3 N–H and O–H groups in total. The van der Waals surface area contributed by atoms with E-state index < -0.39 is 0 Å². The molecule has 0 spiro atoms. The Balaban J connectivity index is 2.59. The minimum Gasteiger partial charge on any atom is -0.300 e. The van der Waals surface area contributed by atoms with E-state index in [0.717, 1.165) is 10.9 Å². The topological polar surface area (TPSA) is 50.9 Å². The highest BCUT2D eigenvalue weighted by Crippen LogP contribution is 2.20. The van der Waals surface area contributed by atoms with Crippen molar-refractivity contribution in [3.05, 3.63) is 11.1 Å². The van der Waals surface area contributed by atoms with Crippen molar-refractivity contribution in [2.75, 3.05) is 11.7 Å². The molecule has 0 bridgehead atoms. The normalized spacial score (nSPS) is 9.80. The molecule has 0 radical (unpaired) electrons. The summed E-state index contributed by atoms with van der Waals surface area (Å²) in [5.41, 5.74) is 2.50. The summed E-state index contributed by atoms with van der Waals surface area (Å²) in [7, 11) is 0. The van der Waals surface area contributed by atoms with Gasteiger partial charge in [0.1, 0.15) is 0 Å². The van der Waals surface area contributed by atoms with E-state index in [4.69, 9.17) is 5.84 Å². The molecule has 0 saturated heterocycles. The number of nitrogen functional groups attached to an aromatic ring is 1. The summed E-state index contributed by atoms with van der Waals surface area (Å²) in [6.07, 6.45) is 3.91. The van der Waals surface area contributed by atoms with Crippen molar-refractivity contribution in [3.63, 3.8) is 0 Å². The van der Waals surface area contributed by atoms with E-state index in [1.807, 2.05) is 6.20 Å². The van der Waals surface area contributed by atoms with Gasteiger partial charge in [0.2, 0.25) is 0 Å². The smallest absolute Gasteiger partial charge is 0.197 e. The number of thioether (sulfide) groups is 1. The third-order valence-electron chi connectivity index (χ3n) is 0.964. The van der Waals surface area contributed by atoms with Gasteiger partial charge in [-0.25, -0.2) is 10.8 Å². The largest absolute Gasteiger partial charge is 0.300 e. The van der Waals surface area contributed by atoms with Crippen molar-refractivity contribution in [1.29, 1.82) is 0 Å². The van der Waals surface area contributed by atoms with Gasteiger partial charge in [0.15, 0.2) is 5.13 Å². The molecule has 3 nitrogen and oxygen atoms in total. The lowest BCUT2D eigenvalue weighted by atomic mass is 10.6. The van der Waals surface area contributed by atoms with Gasteiger partial charge in [-0.3, -0.25) is 5.43 Å². The van der Waals surface area contributed by atoms with Crippen molar-refractivity contribution in [3.8, 4) is 0 Å². The van der Waals surface area contributed by atoms with E-state index in [1.54, 1.807) is 23.1 Å². The highest BCUT2D eigenvalue weighted by molar-refractivity contribution is 7.97. The second-order valence-corrected chi connectivity index (χ2v) is 3.69. The van der Waals surface area contributed by atoms with Crippen molar-refractivity contribution in [2.45, 2.75) is 5.75 Å². The fourth-order valence-electron chi connectivity index (χ4n) is 0.583.